The van der Waals surface area contributed by atoms with E-state index < -0.39 is 11.9 Å². The van der Waals surface area contributed by atoms with Gasteiger partial charge in [-0.15, -0.1) is 0 Å². The van der Waals surface area contributed by atoms with Crippen LogP contribution in [0, 0.1) is 0 Å². The Hall–Kier alpha value is -2.21. The molecule has 1 heterocycles. The highest BCUT2D eigenvalue weighted by molar-refractivity contribution is 8.07. The molecular weight excluding hydrogens is 336 g/mol. The number of rotatable bonds is 3. The maximum atomic E-state index is 12.5. The van der Waals surface area contributed by atoms with Gasteiger partial charge in [0.1, 0.15) is 5.75 Å². The molecule has 1 aromatic carbocycles. The largest absolute Gasteiger partial charge is 0.507 e. The van der Waals surface area contributed by atoms with Crippen LogP contribution in [0.4, 0.5) is 4.79 Å². The van der Waals surface area contributed by atoms with Gasteiger partial charge in [-0.2, -0.15) is 0 Å². The van der Waals surface area contributed by atoms with Gasteiger partial charge in [-0.25, -0.2) is 9.69 Å². The molecule has 6 heteroatoms. The molecule has 0 saturated heterocycles. The van der Waals surface area contributed by atoms with Crippen LogP contribution < -0.4 is 5.73 Å². The second-order valence-electron chi connectivity index (χ2n) is 6.72. The first-order valence-electron chi connectivity index (χ1n) is 8.19. The molecule has 0 atom stereocenters. The molecule has 0 aromatic heterocycles. The Bertz CT molecular complexity index is 750. The van der Waals surface area contributed by atoms with Crippen LogP contribution in [0.25, 0.3) is 6.08 Å². The average Bonchev–Trinajstić information content (AvgIpc) is 2.50. The van der Waals surface area contributed by atoms with Gasteiger partial charge in [-0.1, -0.05) is 39.5 Å². The monoisotopic (exact) mass is 360 g/mol. The lowest BCUT2D eigenvalue weighted by Gasteiger charge is -2.24. The average molecular weight is 360 g/mol. The maximum absolute atomic E-state index is 12.5. The molecule has 0 spiro atoms. The Balaban J connectivity index is 2.54. The van der Waals surface area contributed by atoms with E-state index in [0.717, 1.165) is 21.6 Å². The molecule has 1 aliphatic heterocycles. The minimum Gasteiger partial charge on any atom is -0.507 e. The highest BCUT2D eigenvalue weighted by atomic mass is 32.2. The number of amides is 3. The van der Waals surface area contributed by atoms with Crippen molar-refractivity contribution < 1.29 is 14.7 Å². The molecule has 0 saturated carbocycles. The normalized spacial score (nSPS) is 16.8. The van der Waals surface area contributed by atoms with E-state index in [1.807, 2.05) is 39.8 Å². The first-order valence-corrected chi connectivity index (χ1v) is 9.07. The minimum absolute atomic E-state index is 0.148. The maximum Gasteiger partial charge on any atom is 0.326 e. The summed E-state index contributed by atoms with van der Waals surface area (Å²) in [5.41, 5.74) is 8.31. The van der Waals surface area contributed by atoms with Crippen LogP contribution in [0.2, 0.25) is 0 Å². The number of hydrogen-bond acceptors (Lipinski definition) is 4. The van der Waals surface area contributed by atoms with Gasteiger partial charge in [0.2, 0.25) is 0 Å². The minimum atomic E-state index is -0.790. The van der Waals surface area contributed by atoms with E-state index >= 15 is 0 Å². The first-order chi connectivity index (χ1) is 11.6. The summed E-state index contributed by atoms with van der Waals surface area (Å²) in [7, 11) is 0. The van der Waals surface area contributed by atoms with Crippen LogP contribution >= 0.6 is 11.8 Å². The number of aromatic hydroxyl groups is 1. The quantitative estimate of drug-likeness (QED) is 0.778. The van der Waals surface area contributed by atoms with E-state index in [4.69, 9.17) is 5.73 Å². The van der Waals surface area contributed by atoms with Crippen molar-refractivity contribution in [2.24, 2.45) is 5.73 Å². The van der Waals surface area contributed by atoms with Gasteiger partial charge in [0, 0.05) is 5.70 Å². The Kier molecular flexibility index (Phi) is 5.62. The number of primary amides is 1. The SMILES string of the molecule is CC1=CSC(=Cc2cc(C(C)C)c(O)c(C(C)C)c2)C(=O)N1C(N)=O. The van der Waals surface area contributed by atoms with Crippen molar-refractivity contribution in [3.05, 3.63) is 44.8 Å². The third-order valence-electron chi connectivity index (χ3n) is 4.08. The number of urea groups is 1. The van der Waals surface area contributed by atoms with Crippen molar-refractivity contribution in [2.45, 2.75) is 46.5 Å². The summed E-state index contributed by atoms with van der Waals surface area (Å²) in [4.78, 5) is 25.4. The zero-order valence-electron chi connectivity index (χ0n) is 15.2. The molecular formula is C19H24N2O3S. The van der Waals surface area contributed by atoms with Crippen molar-refractivity contribution in [1.82, 2.24) is 4.90 Å². The van der Waals surface area contributed by atoms with Gasteiger partial charge in [0.05, 0.1) is 4.91 Å². The highest BCUT2D eigenvalue weighted by Gasteiger charge is 2.28. The lowest BCUT2D eigenvalue weighted by Crippen LogP contribution is -2.40. The first kappa shape index (κ1) is 19.1. The summed E-state index contributed by atoms with van der Waals surface area (Å²) in [5.74, 6) is 0.177. The number of phenolic OH excluding ortho intramolecular Hbond substituents is 1. The molecule has 0 aliphatic carbocycles. The van der Waals surface area contributed by atoms with Gasteiger partial charge in [0.25, 0.3) is 5.91 Å². The molecule has 0 radical (unpaired) electrons. The van der Waals surface area contributed by atoms with E-state index in [2.05, 4.69) is 0 Å². The second-order valence-corrected chi connectivity index (χ2v) is 7.63. The van der Waals surface area contributed by atoms with Gasteiger partial charge >= 0.3 is 6.03 Å². The fraction of sp³-hybridized carbons (Fsp3) is 0.368. The summed E-state index contributed by atoms with van der Waals surface area (Å²) in [6, 6.07) is 2.97. The predicted octanol–water partition coefficient (Wildman–Crippen LogP) is 4.50. The summed E-state index contributed by atoms with van der Waals surface area (Å²) in [6.07, 6.45) is 1.74. The molecule has 2 rings (SSSR count). The van der Waals surface area contributed by atoms with Crippen LogP contribution in [-0.4, -0.2) is 21.9 Å². The third-order valence-corrected chi connectivity index (χ3v) is 5.08. The number of thioether (sulfide) groups is 1. The summed E-state index contributed by atoms with van der Waals surface area (Å²) < 4.78 is 0. The number of nitrogens with two attached hydrogens (primary N) is 1. The van der Waals surface area contributed by atoms with Crippen LogP contribution in [0.1, 0.15) is 63.1 Å². The number of phenols is 1. The van der Waals surface area contributed by atoms with E-state index in [0.29, 0.717) is 16.4 Å². The van der Waals surface area contributed by atoms with Crippen molar-refractivity contribution in [1.29, 1.82) is 0 Å². The van der Waals surface area contributed by atoms with E-state index in [1.54, 1.807) is 18.4 Å². The lowest BCUT2D eigenvalue weighted by molar-refractivity contribution is -0.122. The Morgan fingerprint density at radius 2 is 1.72 bits per heavy atom. The van der Waals surface area contributed by atoms with Gasteiger partial charge in [-0.05, 0) is 59.1 Å². The molecule has 3 amide bonds. The topological polar surface area (TPSA) is 83.6 Å². The number of allylic oxidation sites excluding steroid dienone is 1. The number of imide groups is 1. The molecule has 5 nitrogen and oxygen atoms in total. The molecule has 3 N–H and O–H groups in total. The number of nitrogens with zero attached hydrogens (tertiary/aromatic N) is 1. The fourth-order valence-electron chi connectivity index (χ4n) is 2.71. The summed E-state index contributed by atoms with van der Waals surface area (Å²) in [5, 5.41) is 12.2. The van der Waals surface area contributed by atoms with Crippen LogP contribution in [0.15, 0.2) is 28.1 Å². The van der Waals surface area contributed by atoms with Crippen molar-refractivity contribution in [3.63, 3.8) is 0 Å². The fourth-order valence-corrected chi connectivity index (χ4v) is 3.51. The smallest absolute Gasteiger partial charge is 0.326 e. The standard InChI is InChI=1S/C19H24N2O3S/c1-10(2)14-6-13(7-15(11(3)4)17(14)22)8-16-18(23)21(19(20)24)12(5)9-25-16/h6-11,22H,1-5H3,(H2,20,24). The molecule has 0 unspecified atom stereocenters. The van der Waals surface area contributed by atoms with Crippen LogP contribution in [0.3, 0.4) is 0 Å². The van der Waals surface area contributed by atoms with Gasteiger partial charge < -0.3 is 10.8 Å². The van der Waals surface area contributed by atoms with Crippen LogP contribution in [-0.2, 0) is 4.79 Å². The highest BCUT2D eigenvalue weighted by Crippen LogP contribution is 2.37. The zero-order chi connectivity index (χ0) is 18.9. The Morgan fingerprint density at radius 3 is 2.16 bits per heavy atom. The molecule has 0 bridgehead atoms. The number of carbonyl (C=O) groups excluding carboxylic acids is 2. The third kappa shape index (κ3) is 3.90. The van der Waals surface area contributed by atoms with Crippen molar-refractivity contribution >= 4 is 29.8 Å². The molecule has 1 aliphatic rings. The number of carbonyl (C=O) groups is 2. The van der Waals surface area contributed by atoms with Gasteiger partial charge in [0.15, 0.2) is 0 Å². The summed E-state index contributed by atoms with van der Waals surface area (Å²) in [6.45, 7) is 9.71. The predicted molar refractivity (Wildman–Crippen MR) is 102 cm³/mol. The van der Waals surface area contributed by atoms with E-state index in [9.17, 15) is 14.7 Å². The Labute approximate surface area is 152 Å². The molecule has 1 aromatic rings. The summed E-state index contributed by atoms with van der Waals surface area (Å²) >= 11 is 1.27. The lowest BCUT2D eigenvalue weighted by atomic mass is 9.91. The number of benzene rings is 1. The zero-order valence-corrected chi connectivity index (χ0v) is 16.0. The molecule has 0 fully saturated rings. The second kappa shape index (κ2) is 7.35. The molecule has 25 heavy (non-hydrogen) atoms. The molecule has 134 valence electrons. The van der Waals surface area contributed by atoms with Crippen molar-refractivity contribution in [2.75, 3.05) is 0 Å². The van der Waals surface area contributed by atoms with E-state index in [-0.39, 0.29) is 11.8 Å². The number of hydrogen-bond donors (Lipinski definition) is 2. The van der Waals surface area contributed by atoms with Crippen LogP contribution in [0.5, 0.6) is 5.75 Å². The van der Waals surface area contributed by atoms with Gasteiger partial charge in [-0.3, -0.25) is 4.79 Å². The Morgan fingerprint density at radius 1 is 1.20 bits per heavy atom. The van der Waals surface area contributed by atoms with E-state index in [1.165, 1.54) is 11.8 Å². The van der Waals surface area contributed by atoms with Crippen molar-refractivity contribution in [3.8, 4) is 5.75 Å².